The molecule has 26 heteroatoms. The van der Waals surface area contributed by atoms with Crippen molar-refractivity contribution in [2.75, 3.05) is 37.9 Å². The van der Waals surface area contributed by atoms with Crippen LogP contribution in [0.2, 0.25) is 0 Å². The van der Waals surface area contributed by atoms with Gasteiger partial charge in [-0.1, -0.05) is 89.9 Å². The van der Waals surface area contributed by atoms with Gasteiger partial charge in [0.05, 0.1) is 39.1 Å². The van der Waals surface area contributed by atoms with Gasteiger partial charge in [-0.15, -0.1) is 0 Å². The van der Waals surface area contributed by atoms with Gasteiger partial charge in [-0.3, -0.25) is 46.8 Å². The number of phosphoric ester groups is 2. The smallest absolute Gasteiger partial charge is 0.394 e. The van der Waals surface area contributed by atoms with Gasteiger partial charge in [0, 0.05) is 12.8 Å². The SMILES string of the molecule is Nc1nc2c(ncn2[C@H]2C[C@H](OP(=O)(O)OCCCCCCCCCCCCCCCCCCOP(=O)(O)O[C@H]3C[C@H](n4cnc5c(=O)[nH]c(N)nc54)O[C@@H]3CO)[C@@H](CO)O2)c(=O)[nH]1. The standard InChI is InChI=1S/C38H62N10O14P2/c39-37-43-33-31(35(51)45-37)41-23-47(33)29-19-25(27(21-49)59-29)61-63(53,54)57-17-15-13-11-9-7-5-3-1-2-4-6-8-10-12-14-16-18-58-64(55,56)62-26-20-30(60-28(26)22-50)48-24-42-32-34(48)44-38(40)46-36(32)52/h23-30,49-50H,1-22H2,(H,53,54)(H,55,56)(H3,39,43,45,51)(H3,40,44,46,52)/t25-,26-,27+,28+,29+,30+/m0/s1. The second-order valence-electron chi connectivity index (χ2n) is 16.2. The molecular weight excluding hydrogens is 882 g/mol. The summed E-state index contributed by atoms with van der Waals surface area (Å²) in [7, 11) is -8.85. The van der Waals surface area contributed by atoms with Crippen LogP contribution >= 0.6 is 15.6 Å². The molecule has 0 aromatic carbocycles. The molecule has 0 spiro atoms. The molecule has 8 atom stereocenters. The van der Waals surface area contributed by atoms with Gasteiger partial charge >= 0.3 is 15.6 Å². The van der Waals surface area contributed by atoms with Gasteiger partial charge in [-0.05, 0) is 12.8 Å². The lowest BCUT2D eigenvalue weighted by atomic mass is 10.0. The Morgan fingerprint density at radius 1 is 0.609 bits per heavy atom. The van der Waals surface area contributed by atoms with E-state index in [4.69, 9.17) is 39.0 Å². The number of aromatic amines is 2. The number of rotatable bonds is 29. The van der Waals surface area contributed by atoms with E-state index in [-0.39, 0.29) is 60.3 Å². The molecule has 4 aromatic rings. The molecule has 2 aliphatic heterocycles. The number of hydrogen-bond donors (Lipinski definition) is 8. The third-order valence-electron chi connectivity index (χ3n) is 11.3. The van der Waals surface area contributed by atoms with E-state index in [9.17, 15) is 38.7 Å². The summed E-state index contributed by atoms with van der Waals surface area (Å²) in [5.74, 6) is -0.195. The molecule has 6 heterocycles. The molecule has 2 fully saturated rings. The molecule has 10 N–H and O–H groups in total. The average molecular weight is 945 g/mol. The van der Waals surface area contributed by atoms with Crippen LogP contribution in [0, 0.1) is 0 Å². The van der Waals surface area contributed by atoms with E-state index in [1.807, 2.05) is 0 Å². The highest BCUT2D eigenvalue weighted by Gasteiger charge is 2.43. The summed E-state index contributed by atoms with van der Waals surface area (Å²) in [6.07, 6.45) is 14.1. The number of aromatic nitrogens is 8. The highest BCUT2D eigenvalue weighted by Crippen LogP contribution is 2.50. The molecule has 2 saturated heterocycles. The van der Waals surface area contributed by atoms with Gasteiger partial charge in [0.2, 0.25) is 11.9 Å². The van der Waals surface area contributed by atoms with Crippen molar-refractivity contribution in [2.24, 2.45) is 0 Å². The summed E-state index contributed by atoms with van der Waals surface area (Å²) in [6, 6.07) is 0. The maximum Gasteiger partial charge on any atom is 0.472 e. The molecule has 2 aliphatic rings. The zero-order valence-electron chi connectivity index (χ0n) is 35.8. The number of ether oxygens (including phenoxy) is 2. The first kappa shape index (κ1) is 49.8. The van der Waals surface area contributed by atoms with Gasteiger partial charge in [-0.2, -0.15) is 9.97 Å². The Balaban J connectivity index is 0.719. The Labute approximate surface area is 368 Å². The highest BCUT2D eigenvalue weighted by molar-refractivity contribution is 7.47. The number of nitrogens with two attached hydrogens (primary N) is 2. The monoisotopic (exact) mass is 944 g/mol. The Hall–Kier alpha value is -3.64. The van der Waals surface area contributed by atoms with Crippen molar-refractivity contribution in [2.45, 2.75) is 152 Å². The quantitative estimate of drug-likeness (QED) is 0.0279. The molecule has 64 heavy (non-hydrogen) atoms. The minimum absolute atomic E-state index is 0.0598. The van der Waals surface area contributed by atoms with E-state index in [1.165, 1.54) is 60.3 Å². The van der Waals surface area contributed by atoms with Crippen molar-refractivity contribution in [3.05, 3.63) is 33.4 Å². The molecule has 0 radical (unpaired) electrons. The van der Waals surface area contributed by atoms with E-state index >= 15 is 0 Å². The van der Waals surface area contributed by atoms with Crippen molar-refractivity contribution >= 4 is 49.9 Å². The summed E-state index contributed by atoms with van der Waals surface area (Å²) in [6.45, 7) is -0.807. The number of nitrogens with one attached hydrogen (secondary N) is 2. The molecule has 4 aromatic heterocycles. The summed E-state index contributed by atoms with van der Waals surface area (Å²) >= 11 is 0. The summed E-state index contributed by atoms with van der Waals surface area (Å²) in [4.78, 5) is 66.0. The molecule has 6 rings (SSSR count). The molecule has 358 valence electrons. The van der Waals surface area contributed by atoms with E-state index in [0.29, 0.717) is 12.8 Å². The number of aliphatic hydroxyl groups is 2. The molecule has 0 bridgehead atoms. The lowest BCUT2D eigenvalue weighted by Gasteiger charge is -2.19. The number of nitrogens with zero attached hydrogens (tertiary/aromatic N) is 6. The van der Waals surface area contributed by atoms with Crippen LogP contribution in [0.4, 0.5) is 11.9 Å². The Morgan fingerprint density at radius 3 is 1.27 bits per heavy atom. The first-order valence-electron chi connectivity index (χ1n) is 22.1. The number of nitrogen functional groups attached to an aromatic ring is 2. The van der Waals surface area contributed by atoms with Crippen LogP contribution in [0.5, 0.6) is 0 Å². The highest BCUT2D eigenvalue weighted by atomic mass is 31.2. The fourth-order valence-corrected chi connectivity index (χ4v) is 10.0. The van der Waals surface area contributed by atoms with Crippen molar-refractivity contribution in [1.82, 2.24) is 39.0 Å². The van der Waals surface area contributed by atoms with Crippen LogP contribution < -0.4 is 22.6 Å². The van der Waals surface area contributed by atoms with E-state index in [2.05, 4.69) is 29.9 Å². The maximum atomic E-state index is 12.7. The van der Waals surface area contributed by atoms with Crippen LogP contribution in [-0.4, -0.2) is 110 Å². The molecule has 2 unspecified atom stereocenters. The van der Waals surface area contributed by atoms with Crippen molar-refractivity contribution in [1.29, 1.82) is 0 Å². The summed E-state index contributed by atoms with van der Waals surface area (Å²) in [5.41, 5.74) is 10.8. The number of anilines is 2. The molecular formula is C38H62N10O14P2. The number of imidazole rings is 2. The average Bonchev–Trinajstić information content (AvgIpc) is 4.05. The van der Waals surface area contributed by atoms with Gasteiger partial charge in [0.25, 0.3) is 11.1 Å². The summed E-state index contributed by atoms with van der Waals surface area (Å²) in [5, 5.41) is 19.6. The van der Waals surface area contributed by atoms with Crippen molar-refractivity contribution in [3.63, 3.8) is 0 Å². The van der Waals surface area contributed by atoms with Crippen molar-refractivity contribution in [3.8, 4) is 0 Å². The maximum absolute atomic E-state index is 12.7. The number of H-pyrrole nitrogens is 2. The zero-order chi connectivity index (χ0) is 45.7. The third-order valence-corrected chi connectivity index (χ3v) is 13.4. The molecule has 0 amide bonds. The molecule has 0 aliphatic carbocycles. The van der Waals surface area contributed by atoms with Crippen LogP contribution in [0.1, 0.15) is 128 Å². The third kappa shape index (κ3) is 13.9. The summed E-state index contributed by atoms with van der Waals surface area (Å²) < 4.78 is 61.2. The number of fused-ring (bicyclic) bond motifs is 2. The van der Waals surface area contributed by atoms with E-state index < -0.39 is 76.8 Å². The topological polar surface area (TPSA) is 350 Å². The number of hydrogen-bond acceptors (Lipinski definition) is 18. The van der Waals surface area contributed by atoms with Crippen LogP contribution in [0.15, 0.2) is 22.2 Å². The fraction of sp³-hybridized carbons (Fsp3) is 0.737. The van der Waals surface area contributed by atoms with E-state index in [0.717, 1.165) is 51.4 Å². The second-order valence-corrected chi connectivity index (χ2v) is 19.0. The molecule has 24 nitrogen and oxygen atoms in total. The van der Waals surface area contributed by atoms with Gasteiger partial charge in [-0.25, -0.2) is 19.1 Å². The minimum Gasteiger partial charge on any atom is -0.394 e. The predicted octanol–water partition coefficient (Wildman–Crippen LogP) is 4.22. The Morgan fingerprint density at radius 2 is 0.938 bits per heavy atom. The Bertz CT molecular complexity index is 2150. The van der Waals surface area contributed by atoms with Crippen LogP contribution in [-0.2, 0) is 36.7 Å². The number of aliphatic hydroxyl groups excluding tert-OH is 2. The zero-order valence-corrected chi connectivity index (χ0v) is 37.6. The number of phosphoric acid groups is 2. The van der Waals surface area contributed by atoms with Gasteiger partial charge in [0.1, 0.15) is 36.9 Å². The molecule has 0 saturated carbocycles. The second kappa shape index (κ2) is 23.7. The normalized spacial score (nSPS) is 23.3. The lowest BCUT2D eigenvalue weighted by Crippen LogP contribution is -2.27. The van der Waals surface area contributed by atoms with Crippen molar-refractivity contribution < 1.29 is 56.7 Å². The lowest BCUT2D eigenvalue weighted by molar-refractivity contribution is -0.0438. The van der Waals surface area contributed by atoms with Crippen LogP contribution in [0.3, 0.4) is 0 Å². The van der Waals surface area contributed by atoms with Gasteiger partial charge in [0.15, 0.2) is 22.3 Å². The van der Waals surface area contributed by atoms with Crippen LogP contribution in [0.25, 0.3) is 22.3 Å². The number of unbranched alkanes of at least 4 members (excludes halogenated alkanes) is 15. The van der Waals surface area contributed by atoms with E-state index in [1.54, 1.807) is 0 Å². The Kier molecular flexibility index (Phi) is 18.4. The first-order valence-corrected chi connectivity index (χ1v) is 25.1. The largest absolute Gasteiger partial charge is 0.472 e. The van der Waals surface area contributed by atoms with Gasteiger partial charge < -0.3 is 40.9 Å². The fourth-order valence-electron chi connectivity index (χ4n) is 8.04. The first-order chi connectivity index (χ1) is 30.8. The minimum atomic E-state index is -4.43. The predicted molar refractivity (Wildman–Crippen MR) is 232 cm³/mol.